The third-order valence-electron chi connectivity index (χ3n) is 0.960. The number of hydroxylamine groups is 1. The minimum Gasteiger partial charge on any atom is -0.329 e. The zero-order valence-electron chi connectivity index (χ0n) is 4.52. The van der Waals surface area contributed by atoms with Gasteiger partial charge in [0.2, 0.25) is 0 Å². The quantitative estimate of drug-likeness (QED) is 0.431. The van der Waals surface area contributed by atoms with Gasteiger partial charge in [-0.3, -0.25) is 0 Å². The predicted molar refractivity (Wildman–Crippen MR) is 28.1 cm³/mol. The van der Waals surface area contributed by atoms with E-state index in [0.29, 0.717) is 6.54 Å². The van der Waals surface area contributed by atoms with Crippen molar-refractivity contribution in [3.63, 3.8) is 0 Å². The van der Waals surface area contributed by atoms with Crippen LogP contribution in [0.1, 0.15) is 13.3 Å². The number of nitrogens with two attached hydrogens (primary N) is 1. The fourth-order valence-electron chi connectivity index (χ4n) is 0.311. The highest BCUT2D eigenvalue weighted by atomic mass is 16.5. The van der Waals surface area contributed by atoms with Crippen LogP contribution in [0.2, 0.25) is 0 Å². The highest BCUT2D eigenvalue weighted by Gasteiger charge is 1.96. The Hall–Kier alpha value is -0.120. The molecule has 44 valence electrons. The van der Waals surface area contributed by atoms with Crippen LogP contribution in [0.3, 0.4) is 0 Å². The van der Waals surface area contributed by atoms with Gasteiger partial charge in [-0.1, -0.05) is 6.92 Å². The molecule has 0 radical (unpaired) electrons. The largest absolute Gasteiger partial charge is 0.329 e. The molecule has 0 aliphatic heterocycles. The average Bonchev–Trinajstić information content (AvgIpc) is 1.72. The third kappa shape index (κ3) is 2.56. The Morgan fingerprint density at radius 3 is 2.43 bits per heavy atom. The molecule has 0 heterocycles. The summed E-state index contributed by atoms with van der Waals surface area (Å²) in [6, 6.07) is 0.0694. The fraction of sp³-hybridized carbons (Fsp3) is 1.00. The summed E-state index contributed by atoms with van der Waals surface area (Å²) in [7, 11) is 0. The van der Waals surface area contributed by atoms with Crippen molar-refractivity contribution in [3.8, 4) is 0 Å². The van der Waals surface area contributed by atoms with Gasteiger partial charge in [0, 0.05) is 12.6 Å². The van der Waals surface area contributed by atoms with Gasteiger partial charge in [-0.05, 0) is 6.42 Å². The first-order chi connectivity index (χ1) is 3.35. The van der Waals surface area contributed by atoms with Crippen LogP contribution in [-0.4, -0.2) is 17.8 Å². The number of hydrogen-bond donors (Lipinski definition) is 3. The van der Waals surface area contributed by atoms with Crippen molar-refractivity contribution < 1.29 is 5.21 Å². The van der Waals surface area contributed by atoms with E-state index in [-0.39, 0.29) is 6.04 Å². The van der Waals surface area contributed by atoms with Crippen LogP contribution < -0.4 is 11.2 Å². The van der Waals surface area contributed by atoms with Crippen LogP contribution in [0, 0.1) is 0 Å². The number of rotatable bonds is 3. The van der Waals surface area contributed by atoms with Gasteiger partial charge in [0.1, 0.15) is 0 Å². The molecule has 0 amide bonds. The normalized spacial score (nSPS) is 14.1. The van der Waals surface area contributed by atoms with Crippen LogP contribution in [0.15, 0.2) is 0 Å². The molecule has 0 fully saturated rings. The van der Waals surface area contributed by atoms with Crippen LogP contribution in [0.4, 0.5) is 0 Å². The molecule has 0 aliphatic carbocycles. The van der Waals surface area contributed by atoms with Gasteiger partial charge in [0.05, 0.1) is 0 Å². The smallest absolute Gasteiger partial charge is 0.0439 e. The Morgan fingerprint density at radius 1 is 1.86 bits per heavy atom. The van der Waals surface area contributed by atoms with Crippen LogP contribution in [-0.2, 0) is 0 Å². The van der Waals surface area contributed by atoms with Crippen molar-refractivity contribution in [1.29, 1.82) is 0 Å². The third-order valence-corrected chi connectivity index (χ3v) is 0.960. The maximum Gasteiger partial charge on any atom is 0.0439 e. The summed E-state index contributed by atoms with van der Waals surface area (Å²) in [6.07, 6.45) is 0.868. The van der Waals surface area contributed by atoms with Gasteiger partial charge in [-0.15, -0.1) is 0 Å². The molecular formula is C4H12N2O. The number of nitrogens with one attached hydrogen (secondary N) is 1. The maximum absolute atomic E-state index is 8.20. The van der Waals surface area contributed by atoms with E-state index in [4.69, 9.17) is 10.9 Å². The summed E-state index contributed by atoms with van der Waals surface area (Å²) in [5, 5.41) is 8.20. The Bertz CT molecular complexity index is 31.2. The van der Waals surface area contributed by atoms with E-state index in [1.807, 2.05) is 6.92 Å². The molecule has 0 saturated heterocycles. The van der Waals surface area contributed by atoms with Crippen LogP contribution >= 0.6 is 0 Å². The second kappa shape index (κ2) is 4.05. The molecule has 7 heavy (non-hydrogen) atoms. The highest BCUT2D eigenvalue weighted by molar-refractivity contribution is 4.57. The first-order valence-corrected chi connectivity index (χ1v) is 2.44. The minimum atomic E-state index is 0.0694. The summed E-state index contributed by atoms with van der Waals surface area (Å²) in [5.41, 5.74) is 7.25. The molecule has 0 rings (SSSR count). The van der Waals surface area contributed by atoms with Crippen LogP contribution in [0.25, 0.3) is 0 Å². The maximum atomic E-state index is 8.20. The lowest BCUT2D eigenvalue weighted by molar-refractivity contribution is 0.127. The molecule has 1 unspecified atom stereocenters. The molecule has 0 aromatic carbocycles. The Labute approximate surface area is 43.5 Å². The van der Waals surface area contributed by atoms with Gasteiger partial charge in [0.25, 0.3) is 0 Å². The molecule has 4 N–H and O–H groups in total. The first kappa shape index (κ1) is 6.88. The Kier molecular flexibility index (Phi) is 3.98. The van der Waals surface area contributed by atoms with Gasteiger partial charge < -0.3 is 10.9 Å². The van der Waals surface area contributed by atoms with Crippen molar-refractivity contribution in [1.82, 2.24) is 5.48 Å². The zero-order chi connectivity index (χ0) is 5.70. The van der Waals surface area contributed by atoms with Crippen molar-refractivity contribution >= 4 is 0 Å². The summed E-state index contributed by atoms with van der Waals surface area (Å²) >= 11 is 0. The molecule has 0 aromatic rings. The molecule has 0 bridgehead atoms. The minimum absolute atomic E-state index is 0.0694. The van der Waals surface area contributed by atoms with Crippen molar-refractivity contribution in [2.24, 2.45) is 5.73 Å². The van der Waals surface area contributed by atoms with Crippen molar-refractivity contribution in [2.75, 3.05) is 6.54 Å². The van der Waals surface area contributed by atoms with E-state index >= 15 is 0 Å². The SMILES string of the molecule is CCC(CN)NO. The molecule has 3 nitrogen and oxygen atoms in total. The van der Waals surface area contributed by atoms with E-state index < -0.39 is 0 Å². The summed E-state index contributed by atoms with van der Waals surface area (Å²) in [6.45, 7) is 2.45. The monoisotopic (exact) mass is 104 g/mol. The van der Waals surface area contributed by atoms with Gasteiger partial charge in [-0.2, -0.15) is 0 Å². The van der Waals surface area contributed by atoms with E-state index in [1.165, 1.54) is 0 Å². The first-order valence-electron chi connectivity index (χ1n) is 2.44. The van der Waals surface area contributed by atoms with Gasteiger partial charge in [-0.25, -0.2) is 5.48 Å². The molecule has 0 saturated carbocycles. The molecule has 3 heteroatoms. The second-order valence-corrected chi connectivity index (χ2v) is 1.47. The molecule has 1 atom stereocenters. The van der Waals surface area contributed by atoms with Crippen molar-refractivity contribution in [3.05, 3.63) is 0 Å². The second-order valence-electron chi connectivity index (χ2n) is 1.47. The van der Waals surface area contributed by atoms with Gasteiger partial charge in [0.15, 0.2) is 0 Å². The van der Waals surface area contributed by atoms with E-state index in [0.717, 1.165) is 6.42 Å². The topological polar surface area (TPSA) is 58.3 Å². The van der Waals surface area contributed by atoms with Crippen molar-refractivity contribution in [2.45, 2.75) is 19.4 Å². The standard InChI is InChI=1S/C4H12N2O/c1-2-4(3-5)6-7/h4,6-7H,2-3,5H2,1H3. The molecule has 0 spiro atoms. The van der Waals surface area contributed by atoms with E-state index in [1.54, 1.807) is 0 Å². The fourth-order valence-corrected chi connectivity index (χ4v) is 0.311. The van der Waals surface area contributed by atoms with E-state index in [2.05, 4.69) is 5.48 Å². The number of hydrogen-bond acceptors (Lipinski definition) is 3. The summed E-state index contributed by atoms with van der Waals surface area (Å²) in [4.78, 5) is 0. The molecular weight excluding hydrogens is 92.1 g/mol. The predicted octanol–water partition coefficient (Wildman–Crippen LogP) is -0.298. The van der Waals surface area contributed by atoms with Crippen LogP contribution in [0.5, 0.6) is 0 Å². The Balaban J connectivity index is 2.99. The molecule has 0 aromatic heterocycles. The Morgan fingerprint density at radius 2 is 2.43 bits per heavy atom. The lowest BCUT2D eigenvalue weighted by Crippen LogP contribution is -2.32. The average molecular weight is 104 g/mol. The summed E-state index contributed by atoms with van der Waals surface area (Å²) < 4.78 is 0. The van der Waals surface area contributed by atoms with E-state index in [9.17, 15) is 0 Å². The lowest BCUT2D eigenvalue weighted by Gasteiger charge is -2.06. The van der Waals surface area contributed by atoms with Gasteiger partial charge >= 0.3 is 0 Å². The molecule has 0 aliphatic rings. The lowest BCUT2D eigenvalue weighted by atomic mass is 10.2. The summed E-state index contributed by atoms with van der Waals surface area (Å²) in [5.74, 6) is 0. The zero-order valence-corrected chi connectivity index (χ0v) is 4.52. The highest BCUT2D eigenvalue weighted by Crippen LogP contribution is 1.82.